The van der Waals surface area contributed by atoms with E-state index in [-0.39, 0.29) is 10.8 Å². The topological polar surface area (TPSA) is 76.1 Å². The molecule has 0 saturated carbocycles. The highest BCUT2D eigenvalue weighted by molar-refractivity contribution is 7.90. The molecule has 0 saturated heterocycles. The number of rotatable bonds is 6. The highest BCUT2D eigenvalue weighted by atomic mass is 32.2. The van der Waals surface area contributed by atoms with Crippen molar-refractivity contribution in [3.05, 3.63) is 89.5 Å². The predicted molar refractivity (Wildman–Crippen MR) is 121 cm³/mol. The van der Waals surface area contributed by atoms with Crippen LogP contribution in [0, 0.1) is 0 Å². The Morgan fingerprint density at radius 3 is 2.47 bits per heavy atom. The third kappa shape index (κ3) is 4.58. The van der Waals surface area contributed by atoms with Crippen molar-refractivity contribution >= 4 is 42.4 Å². The Balaban J connectivity index is 1.54. The zero-order chi connectivity index (χ0) is 21.1. The van der Waals surface area contributed by atoms with Crippen LogP contribution in [0.4, 0.5) is 5.13 Å². The summed E-state index contributed by atoms with van der Waals surface area (Å²) in [4.78, 5) is 17.6. The maximum Gasteiger partial charge on any atom is 0.257 e. The number of hydrogen-bond acceptors (Lipinski definition) is 5. The van der Waals surface area contributed by atoms with Crippen LogP contribution in [0.25, 0.3) is 10.2 Å². The number of benzene rings is 3. The van der Waals surface area contributed by atoms with Crippen molar-refractivity contribution in [2.75, 3.05) is 11.6 Å². The lowest BCUT2D eigenvalue weighted by atomic mass is 9.99. The maximum absolute atomic E-state index is 12.9. The molecule has 4 aromatic rings. The number of thiazole rings is 1. The maximum atomic E-state index is 12.9. The summed E-state index contributed by atoms with van der Waals surface area (Å²) in [5.41, 5.74) is 3.46. The van der Waals surface area contributed by atoms with Gasteiger partial charge in [0, 0.05) is 11.8 Å². The summed E-state index contributed by atoms with van der Waals surface area (Å²) in [7, 11) is -3.29. The van der Waals surface area contributed by atoms with Gasteiger partial charge in [-0.05, 0) is 48.2 Å². The summed E-state index contributed by atoms with van der Waals surface area (Å²) in [5, 5.41) is 3.31. The van der Waals surface area contributed by atoms with Crippen LogP contribution in [-0.2, 0) is 22.7 Å². The van der Waals surface area contributed by atoms with Gasteiger partial charge in [0.15, 0.2) is 15.0 Å². The van der Waals surface area contributed by atoms with Gasteiger partial charge in [0.1, 0.15) is 0 Å². The first-order chi connectivity index (χ1) is 14.4. The average Bonchev–Trinajstić information content (AvgIpc) is 3.14. The van der Waals surface area contributed by atoms with E-state index in [1.165, 1.54) is 29.2 Å². The SMILES string of the molecule is CS(=O)(=O)c1ccc2nc(NC(=O)c3ccccc3CCc3ccccc3)sc2c1. The van der Waals surface area contributed by atoms with E-state index < -0.39 is 9.84 Å². The van der Waals surface area contributed by atoms with Crippen LogP contribution < -0.4 is 5.32 Å². The molecule has 0 atom stereocenters. The van der Waals surface area contributed by atoms with Gasteiger partial charge in [-0.15, -0.1) is 0 Å². The minimum atomic E-state index is -3.29. The number of carbonyl (C=O) groups is 1. The Hall–Kier alpha value is -3.03. The Kier molecular flexibility index (Phi) is 5.65. The van der Waals surface area contributed by atoms with Crippen molar-refractivity contribution in [2.45, 2.75) is 17.7 Å². The average molecular weight is 437 g/mol. The van der Waals surface area contributed by atoms with E-state index in [0.717, 1.165) is 18.4 Å². The molecule has 1 heterocycles. The van der Waals surface area contributed by atoms with Gasteiger partial charge in [0.25, 0.3) is 5.91 Å². The molecule has 7 heteroatoms. The third-order valence-corrected chi connectivity index (χ3v) is 6.84. The van der Waals surface area contributed by atoms with E-state index in [0.29, 0.717) is 20.9 Å². The molecule has 4 rings (SSSR count). The molecule has 0 aliphatic carbocycles. The molecule has 0 fully saturated rings. The number of nitrogens with zero attached hydrogens (tertiary/aromatic N) is 1. The Bertz CT molecular complexity index is 1310. The summed E-state index contributed by atoms with van der Waals surface area (Å²) >= 11 is 1.26. The number of anilines is 1. The smallest absolute Gasteiger partial charge is 0.257 e. The van der Waals surface area contributed by atoms with Crippen molar-refractivity contribution < 1.29 is 13.2 Å². The van der Waals surface area contributed by atoms with Crippen LogP contribution in [0.3, 0.4) is 0 Å². The van der Waals surface area contributed by atoms with Gasteiger partial charge in [-0.1, -0.05) is 59.9 Å². The molecule has 0 spiro atoms. The minimum Gasteiger partial charge on any atom is -0.298 e. The van der Waals surface area contributed by atoms with Gasteiger partial charge in [0.05, 0.1) is 15.1 Å². The highest BCUT2D eigenvalue weighted by Gasteiger charge is 2.15. The summed E-state index contributed by atoms with van der Waals surface area (Å²) in [5.74, 6) is -0.221. The first kappa shape index (κ1) is 20.3. The van der Waals surface area contributed by atoms with Crippen LogP contribution in [0.15, 0.2) is 77.7 Å². The van der Waals surface area contributed by atoms with Gasteiger partial charge >= 0.3 is 0 Å². The number of fused-ring (bicyclic) bond motifs is 1. The lowest BCUT2D eigenvalue weighted by Gasteiger charge is -2.09. The zero-order valence-corrected chi connectivity index (χ0v) is 18.0. The quantitative estimate of drug-likeness (QED) is 0.474. The molecule has 3 aromatic carbocycles. The zero-order valence-electron chi connectivity index (χ0n) is 16.3. The molecular formula is C23H20N2O3S2. The Labute approximate surface area is 179 Å². The Morgan fingerprint density at radius 1 is 0.967 bits per heavy atom. The normalized spacial score (nSPS) is 11.5. The van der Waals surface area contributed by atoms with E-state index in [2.05, 4.69) is 22.4 Å². The molecule has 1 amide bonds. The van der Waals surface area contributed by atoms with Crippen LogP contribution >= 0.6 is 11.3 Å². The first-order valence-electron chi connectivity index (χ1n) is 9.44. The summed E-state index contributed by atoms with van der Waals surface area (Å²) < 4.78 is 24.2. The van der Waals surface area contributed by atoms with Crippen LogP contribution in [0.2, 0.25) is 0 Å². The van der Waals surface area contributed by atoms with Gasteiger partial charge in [0.2, 0.25) is 0 Å². The van der Waals surface area contributed by atoms with Crippen LogP contribution in [-0.4, -0.2) is 25.6 Å². The van der Waals surface area contributed by atoms with Gasteiger partial charge in [-0.3, -0.25) is 10.1 Å². The van der Waals surface area contributed by atoms with E-state index in [1.54, 1.807) is 12.1 Å². The summed E-state index contributed by atoms with van der Waals surface area (Å²) in [6.45, 7) is 0. The number of carbonyl (C=O) groups excluding carboxylic acids is 1. The molecule has 152 valence electrons. The molecule has 5 nitrogen and oxygen atoms in total. The fourth-order valence-electron chi connectivity index (χ4n) is 3.24. The fourth-order valence-corrected chi connectivity index (χ4v) is 4.86. The van der Waals surface area contributed by atoms with Crippen LogP contribution in [0.5, 0.6) is 0 Å². The van der Waals surface area contributed by atoms with E-state index >= 15 is 0 Å². The predicted octanol–water partition coefficient (Wildman–Crippen LogP) is 4.74. The van der Waals surface area contributed by atoms with E-state index in [9.17, 15) is 13.2 Å². The second kappa shape index (κ2) is 8.38. The van der Waals surface area contributed by atoms with Crippen molar-refractivity contribution in [1.29, 1.82) is 0 Å². The largest absolute Gasteiger partial charge is 0.298 e. The number of amides is 1. The van der Waals surface area contributed by atoms with Gasteiger partial charge in [-0.2, -0.15) is 0 Å². The number of nitrogens with one attached hydrogen (secondary N) is 1. The monoisotopic (exact) mass is 436 g/mol. The van der Waals surface area contributed by atoms with Crippen LogP contribution in [0.1, 0.15) is 21.5 Å². The summed E-state index contributed by atoms with van der Waals surface area (Å²) in [6, 6.07) is 22.5. The minimum absolute atomic E-state index is 0.221. The second-order valence-electron chi connectivity index (χ2n) is 7.02. The van der Waals surface area contributed by atoms with Crippen molar-refractivity contribution in [3.63, 3.8) is 0 Å². The number of aromatic nitrogens is 1. The molecule has 0 bridgehead atoms. The lowest BCUT2D eigenvalue weighted by molar-refractivity contribution is 0.102. The molecule has 0 aliphatic heterocycles. The van der Waals surface area contributed by atoms with Gasteiger partial charge in [-0.25, -0.2) is 13.4 Å². The number of hydrogen-bond donors (Lipinski definition) is 1. The Morgan fingerprint density at radius 2 is 1.70 bits per heavy atom. The number of sulfone groups is 1. The van der Waals surface area contributed by atoms with Gasteiger partial charge < -0.3 is 0 Å². The third-order valence-electron chi connectivity index (χ3n) is 4.80. The molecule has 0 unspecified atom stereocenters. The molecule has 1 aromatic heterocycles. The highest BCUT2D eigenvalue weighted by Crippen LogP contribution is 2.28. The lowest BCUT2D eigenvalue weighted by Crippen LogP contribution is -2.14. The number of aryl methyl sites for hydroxylation is 2. The summed E-state index contributed by atoms with van der Waals surface area (Å²) in [6.07, 6.45) is 2.77. The molecule has 0 radical (unpaired) electrons. The van der Waals surface area contributed by atoms with E-state index in [4.69, 9.17) is 0 Å². The van der Waals surface area contributed by atoms with Crippen molar-refractivity contribution in [2.24, 2.45) is 0 Å². The fraction of sp³-hybridized carbons (Fsp3) is 0.130. The molecular weight excluding hydrogens is 416 g/mol. The van der Waals surface area contributed by atoms with E-state index in [1.807, 2.05) is 42.5 Å². The molecule has 0 aliphatic rings. The van der Waals surface area contributed by atoms with Crippen molar-refractivity contribution in [1.82, 2.24) is 4.98 Å². The molecule has 1 N–H and O–H groups in total. The second-order valence-corrected chi connectivity index (χ2v) is 10.1. The molecule has 30 heavy (non-hydrogen) atoms. The van der Waals surface area contributed by atoms with Crippen molar-refractivity contribution in [3.8, 4) is 0 Å². The first-order valence-corrected chi connectivity index (χ1v) is 12.1. The standard InChI is InChI=1S/C23H20N2O3S2/c1-30(27,28)18-13-14-20-21(15-18)29-23(24-20)25-22(26)19-10-6-5-9-17(19)12-11-16-7-3-2-4-8-16/h2-10,13-15H,11-12H2,1H3,(H,24,25,26).